The number of benzene rings is 2. The highest BCUT2D eigenvalue weighted by Crippen LogP contribution is 2.35. The molecular weight excluding hydrogens is 547 g/mol. The Morgan fingerprint density at radius 1 is 1.18 bits per heavy atom. The Labute approximate surface area is 236 Å². The third-order valence-corrected chi connectivity index (χ3v) is 7.08. The van der Waals surface area contributed by atoms with Gasteiger partial charge in [0.2, 0.25) is 0 Å². The van der Waals surface area contributed by atoms with Crippen LogP contribution in [-0.4, -0.2) is 42.3 Å². The number of nitrogens with zero attached hydrogens (tertiary/aromatic N) is 1. The molecule has 10 heteroatoms. The number of methoxy groups -OCH3 is 1. The minimum absolute atomic E-state index is 0.0690. The average Bonchev–Trinajstić information content (AvgIpc) is 3.33. The topological polar surface area (TPSA) is 97.8 Å². The van der Waals surface area contributed by atoms with Gasteiger partial charge in [0.05, 0.1) is 29.5 Å². The largest absolute Gasteiger partial charge is 0.496 e. The normalized spacial score (nSPS) is 11.6. The highest BCUT2D eigenvalue weighted by molar-refractivity contribution is 7.14. The molecule has 1 amide bonds. The predicted octanol–water partition coefficient (Wildman–Crippen LogP) is 7.47. The van der Waals surface area contributed by atoms with Crippen molar-refractivity contribution in [3.63, 3.8) is 0 Å². The van der Waals surface area contributed by atoms with Crippen molar-refractivity contribution in [2.75, 3.05) is 25.6 Å². The van der Waals surface area contributed by atoms with E-state index in [-0.39, 0.29) is 21.2 Å². The molecule has 38 heavy (non-hydrogen) atoms. The third kappa shape index (κ3) is 7.80. The fourth-order valence-corrected chi connectivity index (χ4v) is 4.89. The van der Waals surface area contributed by atoms with Crippen molar-refractivity contribution in [1.29, 1.82) is 0 Å². The second kappa shape index (κ2) is 13.8. The summed E-state index contributed by atoms with van der Waals surface area (Å²) in [4.78, 5) is 28.6. The monoisotopic (exact) mass is 576 g/mol. The Balaban J connectivity index is 1.74. The van der Waals surface area contributed by atoms with Crippen LogP contribution in [0.1, 0.15) is 48.7 Å². The number of rotatable bonds is 12. The quantitative estimate of drug-likeness (QED) is 0.171. The van der Waals surface area contributed by atoms with E-state index in [4.69, 9.17) is 37.8 Å². The summed E-state index contributed by atoms with van der Waals surface area (Å²) in [5.74, 6) is -0.206. The lowest BCUT2D eigenvalue weighted by atomic mass is 10.0. The first kappa shape index (κ1) is 29.6. The number of carboxylic acids is 1. The van der Waals surface area contributed by atoms with Crippen molar-refractivity contribution in [2.24, 2.45) is 5.92 Å². The van der Waals surface area contributed by atoms with Gasteiger partial charge in [0.15, 0.2) is 5.13 Å². The summed E-state index contributed by atoms with van der Waals surface area (Å²) in [6.45, 7) is 7.10. The highest BCUT2D eigenvalue weighted by Gasteiger charge is 2.17. The molecule has 0 aliphatic carbocycles. The van der Waals surface area contributed by atoms with E-state index in [0.29, 0.717) is 35.3 Å². The molecule has 0 fully saturated rings. The standard InChI is InChI=1S/C28H30Cl2N2O5S/c1-16(2)8-10-37-11-9-18-6-5-7-20(25(18)36-4)24-15-38-28(31-24)32-26(33)19-13-22(29)21(23(30)14-19)12-17(3)27(34)35/h5-7,12-16H,8-11H2,1-4H3,(H,34,35)(H,31,32,33). The lowest BCUT2D eigenvalue weighted by molar-refractivity contribution is -0.132. The molecule has 7 nitrogen and oxygen atoms in total. The Morgan fingerprint density at radius 3 is 2.53 bits per heavy atom. The Bertz CT molecular complexity index is 1310. The van der Waals surface area contributed by atoms with E-state index in [0.717, 1.165) is 29.9 Å². The maximum atomic E-state index is 12.9. The highest BCUT2D eigenvalue weighted by atomic mass is 35.5. The summed E-state index contributed by atoms with van der Waals surface area (Å²) in [5.41, 5.74) is 3.13. The third-order valence-electron chi connectivity index (χ3n) is 5.70. The molecule has 3 aromatic rings. The number of halogens is 2. The molecule has 1 heterocycles. The van der Waals surface area contributed by atoms with Crippen molar-refractivity contribution in [2.45, 2.75) is 33.6 Å². The maximum absolute atomic E-state index is 12.9. The summed E-state index contributed by atoms with van der Waals surface area (Å²) in [7, 11) is 1.63. The summed E-state index contributed by atoms with van der Waals surface area (Å²) < 4.78 is 11.5. The molecule has 0 spiro atoms. The zero-order chi connectivity index (χ0) is 27.8. The minimum Gasteiger partial charge on any atom is -0.496 e. The van der Waals surface area contributed by atoms with Gasteiger partial charge in [0.25, 0.3) is 5.91 Å². The van der Waals surface area contributed by atoms with Crippen molar-refractivity contribution in [3.8, 4) is 17.0 Å². The molecule has 3 rings (SSSR count). The molecule has 2 aromatic carbocycles. The van der Waals surface area contributed by atoms with E-state index in [2.05, 4.69) is 24.1 Å². The van der Waals surface area contributed by atoms with Gasteiger partial charge in [-0.1, -0.05) is 49.2 Å². The predicted molar refractivity (Wildman–Crippen MR) is 154 cm³/mol. The number of hydrogen-bond acceptors (Lipinski definition) is 6. The molecule has 202 valence electrons. The number of aromatic nitrogens is 1. The second-order valence-electron chi connectivity index (χ2n) is 9.02. The number of nitrogens with one attached hydrogen (secondary N) is 1. The summed E-state index contributed by atoms with van der Waals surface area (Å²) in [6.07, 6.45) is 3.09. The van der Waals surface area contributed by atoms with Crippen LogP contribution >= 0.6 is 34.5 Å². The molecule has 1 aromatic heterocycles. The van der Waals surface area contributed by atoms with Gasteiger partial charge < -0.3 is 14.6 Å². The molecule has 0 aliphatic heterocycles. The number of amides is 1. The van der Waals surface area contributed by atoms with Crippen LogP contribution in [0.3, 0.4) is 0 Å². The van der Waals surface area contributed by atoms with Crippen LogP contribution < -0.4 is 10.1 Å². The molecule has 0 aliphatic rings. The molecule has 0 unspecified atom stereocenters. The zero-order valence-corrected chi connectivity index (χ0v) is 24.0. The fourth-order valence-electron chi connectivity index (χ4n) is 3.58. The van der Waals surface area contributed by atoms with Crippen LogP contribution in [0, 0.1) is 5.92 Å². The van der Waals surface area contributed by atoms with Crippen LogP contribution in [0.25, 0.3) is 17.3 Å². The Morgan fingerprint density at radius 2 is 1.89 bits per heavy atom. The molecule has 0 saturated carbocycles. The number of carbonyl (C=O) groups is 2. The van der Waals surface area contributed by atoms with Gasteiger partial charge in [-0.05, 0) is 55.5 Å². The minimum atomic E-state index is -1.09. The van der Waals surface area contributed by atoms with Gasteiger partial charge in [-0.15, -0.1) is 11.3 Å². The van der Waals surface area contributed by atoms with Crippen LogP contribution in [0.5, 0.6) is 5.75 Å². The lowest BCUT2D eigenvalue weighted by Gasteiger charge is -2.13. The number of thiazole rings is 1. The number of para-hydroxylation sites is 1. The van der Waals surface area contributed by atoms with Gasteiger partial charge in [0.1, 0.15) is 5.75 Å². The van der Waals surface area contributed by atoms with E-state index in [1.54, 1.807) is 7.11 Å². The van der Waals surface area contributed by atoms with Crippen LogP contribution in [0.2, 0.25) is 10.0 Å². The number of ether oxygens (including phenoxy) is 2. The van der Waals surface area contributed by atoms with Crippen molar-refractivity contribution in [1.82, 2.24) is 4.98 Å². The SMILES string of the molecule is COc1c(CCOCCC(C)C)cccc1-c1csc(NC(=O)c2cc(Cl)c(C=C(C)C(=O)O)c(Cl)c2)n1. The van der Waals surface area contributed by atoms with Crippen LogP contribution in [0.4, 0.5) is 5.13 Å². The summed E-state index contributed by atoms with van der Waals surface area (Å²) >= 11 is 13.9. The number of carbonyl (C=O) groups excluding carboxylic acids is 1. The first-order valence-electron chi connectivity index (χ1n) is 12.0. The fraction of sp³-hybridized carbons (Fsp3) is 0.321. The Hall–Kier alpha value is -2.91. The average molecular weight is 578 g/mol. The van der Waals surface area contributed by atoms with Gasteiger partial charge in [-0.2, -0.15) is 0 Å². The molecule has 0 saturated heterocycles. The van der Waals surface area contributed by atoms with Crippen molar-refractivity contribution < 1.29 is 24.2 Å². The first-order chi connectivity index (χ1) is 18.1. The molecule has 0 bridgehead atoms. The van der Waals surface area contributed by atoms with Gasteiger partial charge >= 0.3 is 5.97 Å². The van der Waals surface area contributed by atoms with Crippen LogP contribution in [-0.2, 0) is 16.0 Å². The first-order valence-corrected chi connectivity index (χ1v) is 13.7. The van der Waals surface area contributed by atoms with Crippen LogP contribution in [0.15, 0.2) is 41.3 Å². The number of aliphatic carboxylic acids is 1. The summed E-state index contributed by atoms with van der Waals surface area (Å²) in [5, 5.41) is 14.4. The van der Waals surface area contributed by atoms with Crippen molar-refractivity contribution >= 4 is 57.6 Å². The molecule has 2 N–H and O–H groups in total. The van der Waals surface area contributed by atoms with E-state index in [1.165, 1.54) is 36.5 Å². The van der Waals surface area contributed by atoms with E-state index in [1.807, 2.05) is 23.6 Å². The van der Waals surface area contributed by atoms with E-state index < -0.39 is 11.9 Å². The molecule has 0 radical (unpaired) electrons. The van der Waals surface area contributed by atoms with E-state index >= 15 is 0 Å². The maximum Gasteiger partial charge on any atom is 0.331 e. The molecule has 0 atom stereocenters. The smallest absolute Gasteiger partial charge is 0.331 e. The number of hydrogen-bond donors (Lipinski definition) is 2. The lowest BCUT2D eigenvalue weighted by Crippen LogP contribution is -2.12. The molecular formula is C28H30Cl2N2O5S. The number of anilines is 1. The number of carboxylic acid groups (broad SMARTS) is 1. The van der Waals surface area contributed by atoms with E-state index in [9.17, 15) is 9.59 Å². The zero-order valence-electron chi connectivity index (χ0n) is 21.6. The second-order valence-corrected chi connectivity index (χ2v) is 10.7. The van der Waals surface area contributed by atoms with Gasteiger partial charge in [-0.3, -0.25) is 10.1 Å². The van der Waals surface area contributed by atoms with Gasteiger partial charge in [-0.25, -0.2) is 9.78 Å². The summed E-state index contributed by atoms with van der Waals surface area (Å²) in [6, 6.07) is 8.76. The van der Waals surface area contributed by atoms with Crippen molar-refractivity contribution in [3.05, 3.63) is 68.0 Å². The Kier molecular flexibility index (Phi) is 10.7. The van der Waals surface area contributed by atoms with Gasteiger partial charge in [0, 0.05) is 34.3 Å².